The number of aliphatic hydroxyl groups excluding tert-OH is 1. The summed E-state index contributed by atoms with van der Waals surface area (Å²) in [6.45, 7) is 7.87. The highest BCUT2D eigenvalue weighted by Crippen LogP contribution is 2.78. The maximum atomic E-state index is 15.3. The average molecular weight is 799 g/mol. The van der Waals surface area contributed by atoms with Crippen LogP contribution in [0.4, 0.5) is 4.79 Å². The second kappa shape index (κ2) is 12.9. The molecule has 7 saturated carbocycles. The van der Waals surface area contributed by atoms with Gasteiger partial charge in [-0.1, -0.05) is 80.6 Å². The van der Waals surface area contributed by atoms with E-state index in [1.54, 1.807) is 11.3 Å². The number of urea groups is 1. The molecule has 0 saturated heterocycles. The number of carbonyl (C=O) groups excluding carboxylic acids is 2. The van der Waals surface area contributed by atoms with Crippen LogP contribution >= 0.6 is 11.3 Å². The standard InChI is InChI=1S/C51H62N2O4S/c1-32(36-9-5-4-6-10-36)52-45(56)53(30-48-25-33-21-34(26-48)23-35(22-33)27-48)31-50(57)18-15-43-47(50,3)17-14-42-46(2)16-13-38(54)28-49(46)19-20-51(42,43)39(29-49)44(55)41-24-37-11-7-8-12-40(37)58-41/h4-12,19-20,24,29,32-35,38,42-43,54,57H,13-18,21-23,25-28,30-31H2,1-3H3,(H,52,56)/t32-,33?,34?,35?,38?,42-,43-,46-,47+,48?,49+,50-,51-/m1/s1. The van der Waals surface area contributed by atoms with E-state index in [4.69, 9.17) is 0 Å². The van der Waals surface area contributed by atoms with Crippen LogP contribution in [0, 0.1) is 56.7 Å². The van der Waals surface area contributed by atoms with Gasteiger partial charge in [-0.2, -0.15) is 0 Å². The predicted molar refractivity (Wildman–Crippen MR) is 230 cm³/mol. The molecule has 2 aromatic carbocycles. The molecule has 10 aliphatic carbocycles. The van der Waals surface area contributed by atoms with Crippen molar-refractivity contribution in [3.05, 3.63) is 94.9 Å². The molecule has 7 fully saturated rings. The number of nitrogens with zero attached hydrogens (tertiary/aromatic N) is 1. The minimum Gasteiger partial charge on any atom is -0.393 e. The van der Waals surface area contributed by atoms with Crippen molar-refractivity contribution in [2.24, 2.45) is 56.7 Å². The summed E-state index contributed by atoms with van der Waals surface area (Å²) >= 11 is 1.59. The molecule has 2 spiro atoms. The number of allylic oxidation sites excluding steroid dienone is 4. The predicted octanol–water partition coefficient (Wildman–Crippen LogP) is 10.7. The Kier molecular flexibility index (Phi) is 8.37. The zero-order valence-corrected chi connectivity index (χ0v) is 35.5. The van der Waals surface area contributed by atoms with Crippen LogP contribution in [0.5, 0.6) is 0 Å². The summed E-state index contributed by atoms with van der Waals surface area (Å²) in [7, 11) is 0. The first-order valence-electron chi connectivity index (χ1n) is 22.8. The van der Waals surface area contributed by atoms with Crippen LogP contribution in [0.15, 0.2) is 84.5 Å². The zero-order chi connectivity index (χ0) is 39.9. The van der Waals surface area contributed by atoms with Crippen molar-refractivity contribution in [2.75, 3.05) is 13.1 Å². The first-order chi connectivity index (χ1) is 27.8. The van der Waals surface area contributed by atoms with Gasteiger partial charge in [0.1, 0.15) is 0 Å². The molecular weight excluding hydrogens is 737 g/mol. The van der Waals surface area contributed by atoms with Crippen LogP contribution in [-0.2, 0) is 0 Å². The van der Waals surface area contributed by atoms with Gasteiger partial charge in [-0.05, 0) is 154 Å². The molecule has 7 heteroatoms. The lowest BCUT2D eigenvalue weighted by Crippen LogP contribution is -2.67. The van der Waals surface area contributed by atoms with Crippen LogP contribution < -0.4 is 5.32 Å². The van der Waals surface area contributed by atoms with E-state index in [0.717, 1.165) is 76.0 Å². The fraction of sp³-hybridized carbons (Fsp3) is 0.608. The van der Waals surface area contributed by atoms with E-state index in [2.05, 4.69) is 79.5 Å². The number of ketones is 1. The van der Waals surface area contributed by atoms with E-state index in [-0.39, 0.29) is 52.0 Å². The van der Waals surface area contributed by atoms with Gasteiger partial charge in [0, 0.05) is 33.1 Å². The van der Waals surface area contributed by atoms with Gasteiger partial charge in [-0.3, -0.25) is 4.79 Å². The molecule has 1 aromatic heterocycles. The quantitative estimate of drug-likeness (QED) is 0.156. The van der Waals surface area contributed by atoms with Gasteiger partial charge < -0.3 is 20.4 Å². The van der Waals surface area contributed by atoms with Crippen molar-refractivity contribution in [1.29, 1.82) is 0 Å². The summed E-state index contributed by atoms with van der Waals surface area (Å²) in [6.07, 6.45) is 20.0. The number of carbonyl (C=O) groups is 2. The molecule has 6 bridgehead atoms. The highest BCUT2D eigenvalue weighted by atomic mass is 32.1. The maximum absolute atomic E-state index is 15.3. The van der Waals surface area contributed by atoms with Crippen molar-refractivity contribution in [3.8, 4) is 0 Å². The number of hydrogen-bond acceptors (Lipinski definition) is 5. The Morgan fingerprint density at radius 1 is 0.828 bits per heavy atom. The number of amides is 2. The molecular formula is C51H62N2O4S. The van der Waals surface area contributed by atoms with Crippen molar-refractivity contribution < 1.29 is 19.8 Å². The largest absolute Gasteiger partial charge is 0.393 e. The van der Waals surface area contributed by atoms with Gasteiger partial charge >= 0.3 is 6.03 Å². The van der Waals surface area contributed by atoms with Crippen molar-refractivity contribution in [2.45, 2.75) is 122 Å². The van der Waals surface area contributed by atoms with Crippen LogP contribution in [0.1, 0.15) is 126 Å². The van der Waals surface area contributed by atoms with E-state index in [1.807, 2.05) is 30.3 Å². The molecule has 58 heavy (non-hydrogen) atoms. The smallest absolute Gasteiger partial charge is 0.317 e. The number of thiophene rings is 1. The molecule has 10 aliphatic rings. The molecule has 1 unspecified atom stereocenters. The number of rotatable bonds is 8. The molecule has 0 radical (unpaired) electrons. The van der Waals surface area contributed by atoms with Gasteiger partial charge in [-0.15, -0.1) is 11.3 Å². The molecule has 13 rings (SSSR count). The molecule has 6 nitrogen and oxygen atoms in total. The second-order valence-electron chi connectivity index (χ2n) is 21.6. The number of hydrogen-bond donors (Lipinski definition) is 3. The van der Waals surface area contributed by atoms with Crippen molar-refractivity contribution in [3.63, 3.8) is 0 Å². The lowest BCUT2D eigenvalue weighted by atomic mass is 9.32. The Morgan fingerprint density at radius 3 is 2.21 bits per heavy atom. The number of aliphatic hydroxyl groups is 2. The maximum Gasteiger partial charge on any atom is 0.317 e. The lowest BCUT2D eigenvalue weighted by Gasteiger charge is -2.71. The van der Waals surface area contributed by atoms with Gasteiger partial charge in [0.15, 0.2) is 5.78 Å². The van der Waals surface area contributed by atoms with Crippen molar-refractivity contribution >= 4 is 33.2 Å². The van der Waals surface area contributed by atoms with E-state index in [1.165, 1.54) is 38.5 Å². The average Bonchev–Trinajstić information content (AvgIpc) is 3.75. The van der Waals surface area contributed by atoms with Crippen LogP contribution in [0.2, 0.25) is 0 Å². The van der Waals surface area contributed by atoms with Crippen molar-refractivity contribution in [1.82, 2.24) is 10.2 Å². The third kappa shape index (κ3) is 5.27. The lowest BCUT2D eigenvalue weighted by molar-refractivity contribution is -0.176. The van der Waals surface area contributed by atoms with Gasteiger partial charge in [0.2, 0.25) is 0 Å². The summed E-state index contributed by atoms with van der Waals surface area (Å²) in [6, 6.07) is 20.4. The Bertz CT molecular complexity index is 2160. The summed E-state index contributed by atoms with van der Waals surface area (Å²) in [4.78, 5) is 33.0. The summed E-state index contributed by atoms with van der Waals surface area (Å²) < 4.78 is 1.12. The molecule has 0 aliphatic heterocycles. The fourth-order valence-corrected chi connectivity index (χ4v) is 17.3. The molecule has 306 valence electrons. The van der Waals surface area contributed by atoms with E-state index < -0.39 is 16.4 Å². The Balaban J connectivity index is 0.970. The molecule has 3 aromatic rings. The van der Waals surface area contributed by atoms with Crippen LogP contribution in [0.25, 0.3) is 10.1 Å². The van der Waals surface area contributed by atoms with Crippen LogP contribution in [-0.4, -0.2) is 51.7 Å². The third-order valence-electron chi connectivity index (χ3n) is 18.7. The monoisotopic (exact) mass is 798 g/mol. The fourth-order valence-electron chi connectivity index (χ4n) is 16.3. The summed E-state index contributed by atoms with van der Waals surface area (Å²) in [5.74, 6) is 2.70. The minimum atomic E-state index is -1.11. The first-order valence-corrected chi connectivity index (χ1v) is 23.6. The highest BCUT2D eigenvalue weighted by Gasteiger charge is 2.75. The molecule has 2 amide bonds. The van der Waals surface area contributed by atoms with Gasteiger partial charge in [0.05, 0.1) is 29.2 Å². The summed E-state index contributed by atoms with van der Waals surface area (Å²) in [5.41, 5.74) is -0.508. The highest BCUT2D eigenvalue weighted by molar-refractivity contribution is 7.21. The number of Topliss-reactive ketones (excluding diaryl/α,β-unsaturated/α-hetero) is 1. The number of nitrogens with one attached hydrogen (secondary N) is 1. The Morgan fingerprint density at radius 2 is 1.48 bits per heavy atom. The third-order valence-corrected chi connectivity index (χ3v) is 19.8. The van der Waals surface area contributed by atoms with E-state index in [0.29, 0.717) is 25.9 Å². The minimum absolute atomic E-state index is 0.0410. The Labute approximate surface area is 348 Å². The SMILES string of the molecule is C[C@@H](NC(=O)N(CC12CC3CC(CC(C3)C1)C2)C[C@]1(O)CC[C@H]2[C@]34C=C[C@@]5(C=C3C(=O)c3cc6ccccc6s3)CC(O)CC[C@]5(C)[C@H]4CC[C@@]21C)c1ccccc1. The van der Waals surface area contributed by atoms with Gasteiger partial charge in [-0.25, -0.2) is 4.79 Å². The summed E-state index contributed by atoms with van der Waals surface area (Å²) in [5, 5.41) is 29.2. The normalized spacial score (nSPS) is 43.4. The molecule has 1 heterocycles. The Hall–Kier alpha value is -3.26. The van der Waals surface area contributed by atoms with E-state index in [9.17, 15) is 15.0 Å². The topological polar surface area (TPSA) is 89.9 Å². The van der Waals surface area contributed by atoms with E-state index >= 15 is 4.79 Å². The number of benzene rings is 2. The first kappa shape index (κ1) is 37.7. The molecule has 9 atom stereocenters. The van der Waals surface area contributed by atoms with Crippen LogP contribution in [0.3, 0.4) is 0 Å². The number of fused-ring (bicyclic) bond motifs is 2. The van der Waals surface area contributed by atoms with Gasteiger partial charge in [0.25, 0.3) is 0 Å². The molecule has 3 N–H and O–H groups in total. The zero-order valence-electron chi connectivity index (χ0n) is 34.7. The second-order valence-corrected chi connectivity index (χ2v) is 22.7.